The molecule has 2 fully saturated rings. The minimum absolute atomic E-state index is 0.0165. The van der Waals surface area contributed by atoms with Gasteiger partial charge >= 0.3 is 12.1 Å². The molecule has 2 unspecified atom stereocenters. The van der Waals surface area contributed by atoms with Crippen LogP contribution in [0.15, 0.2) is 48.5 Å². The lowest BCUT2D eigenvalue weighted by molar-refractivity contribution is -0.139. The van der Waals surface area contributed by atoms with Crippen LogP contribution in [-0.2, 0) is 19.1 Å². The van der Waals surface area contributed by atoms with Crippen molar-refractivity contribution in [3.63, 3.8) is 0 Å². The number of carboxylic acid groups (broad SMARTS) is 1. The van der Waals surface area contributed by atoms with Crippen LogP contribution in [0.1, 0.15) is 42.7 Å². The van der Waals surface area contributed by atoms with Gasteiger partial charge in [-0.1, -0.05) is 48.5 Å². The van der Waals surface area contributed by atoms with E-state index in [1.54, 1.807) is 0 Å². The van der Waals surface area contributed by atoms with E-state index in [9.17, 15) is 14.4 Å². The summed E-state index contributed by atoms with van der Waals surface area (Å²) < 4.78 is 11.2. The molecule has 3 N–H and O–H groups in total. The van der Waals surface area contributed by atoms with Crippen LogP contribution in [-0.4, -0.2) is 55.0 Å². The van der Waals surface area contributed by atoms with E-state index in [-0.39, 0.29) is 36.7 Å². The predicted molar refractivity (Wildman–Crippen MR) is 128 cm³/mol. The van der Waals surface area contributed by atoms with Crippen LogP contribution >= 0.6 is 0 Å². The zero-order valence-electron chi connectivity index (χ0n) is 19.5. The zero-order valence-corrected chi connectivity index (χ0v) is 19.5. The Morgan fingerprint density at radius 3 is 2.23 bits per heavy atom. The molecule has 1 heterocycles. The first kappa shape index (κ1) is 23.4. The number of benzene rings is 2. The molecule has 1 saturated carbocycles. The number of hydrogen-bond donors (Lipinski definition) is 3. The third-order valence-electron chi connectivity index (χ3n) is 7.46. The number of nitrogens with one attached hydrogen (secondary N) is 2. The summed E-state index contributed by atoms with van der Waals surface area (Å²) in [7, 11) is 0. The highest BCUT2D eigenvalue weighted by Crippen LogP contribution is 2.44. The molecular formula is C27H30N2O6. The van der Waals surface area contributed by atoms with Crippen molar-refractivity contribution in [1.29, 1.82) is 0 Å². The average molecular weight is 479 g/mol. The van der Waals surface area contributed by atoms with Crippen molar-refractivity contribution in [3.8, 4) is 11.1 Å². The molecule has 0 bridgehead atoms. The van der Waals surface area contributed by atoms with Crippen LogP contribution in [0.2, 0.25) is 0 Å². The highest BCUT2D eigenvalue weighted by atomic mass is 16.5. The molecule has 8 heteroatoms. The van der Waals surface area contributed by atoms with Crippen molar-refractivity contribution in [2.45, 2.75) is 37.1 Å². The monoisotopic (exact) mass is 478 g/mol. The lowest BCUT2D eigenvalue weighted by Gasteiger charge is -2.37. The Labute approximate surface area is 204 Å². The van der Waals surface area contributed by atoms with Gasteiger partial charge in [0.2, 0.25) is 5.91 Å². The van der Waals surface area contributed by atoms with Gasteiger partial charge in [-0.05, 0) is 47.4 Å². The van der Waals surface area contributed by atoms with Gasteiger partial charge in [0, 0.05) is 32.1 Å². The zero-order chi connectivity index (χ0) is 24.4. The largest absolute Gasteiger partial charge is 0.481 e. The number of rotatable bonds is 8. The molecule has 0 spiro atoms. The number of amides is 2. The summed E-state index contributed by atoms with van der Waals surface area (Å²) in [6.07, 6.45) is 1.16. The van der Waals surface area contributed by atoms with E-state index < -0.39 is 17.6 Å². The Morgan fingerprint density at radius 1 is 1.00 bits per heavy atom. The maximum Gasteiger partial charge on any atom is 0.407 e. The minimum Gasteiger partial charge on any atom is -0.481 e. The van der Waals surface area contributed by atoms with Gasteiger partial charge in [0.15, 0.2) is 0 Å². The number of aliphatic carboxylic acids is 1. The van der Waals surface area contributed by atoms with Crippen LogP contribution in [0.25, 0.3) is 11.1 Å². The average Bonchev–Trinajstić information content (AvgIpc) is 3.58. The van der Waals surface area contributed by atoms with E-state index in [0.717, 1.165) is 22.3 Å². The van der Waals surface area contributed by atoms with E-state index in [2.05, 4.69) is 34.9 Å². The summed E-state index contributed by atoms with van der Waals surface area (Å²) in [5.41, 5.74) is 3.86. The molecule has 3 aliphatic rings. The van der Waals surface area contributed by atoms with Crippen LogP contribution in [0.4, 0.5) is 4.79 Å². The fourth-order valence-electron chi connectivity index (χ4n) is 5.35. The molecule has 2 atom stereocenters. The Balaban J connectivity index is 1.19. The van der Waals surface area contributed by atoms with Crippen LogP contribution < -0.4 is 10.6 Å². The number of carboxylic acids is 1. The predicted octanol–water partition coefficient (Wildman–Crippen LogP) is 3.30. The number of carbonyl (C=O) groups is 3. The summed E-state index contributed by atoms with van der Waals surface area (Å²) in [5, 5.41) is 14.8. The van der Waals surface area contributed by atoms with Crippen LogP contribution in [0.5, 0.6) is 0 Å². The van der Waals surface area contributed by atoms with Crippen LogP contribution in [0.3, 0.4) is 0 Å². The van der Waals surface area contributed by atoms with Crippen molar-refractivity contribution < 1.29 is 29.0 Å². The summed E-state index contributed by atoms with van der Waals surface area (Å²) in [6, 6.07) is 16.3. The summed E-state index contributed by atoms with van der Waals surface area (Å²) >= 11 is 0. The van der Waals surface area contributed by atoms with Crippen molar-refractivity contribution in [2.24, 2.45) is 11.8 Å². The molecule has 5 rings (SSSR count). The summed E-state index contributed by atoms with van der Waals surface area (Å²) in [4.78, 5) is 36.6. The van der Waals surface area contributed by atoms with E-state index in [1.807, 2.05) is 24.3 Å². The summed E-state index contributed by atoms with van der Waals surface area (Å²) in [5.74, 6) is -1.45. The number of alkyl carbamates (subject to hydrolysis) is 1. The highest BCUT2D eigenvalue weighted by Gasteiger charge is 2.43. The lowest BCUT2D eigenvalue weighted by atomic mass is 9.86. The number of ether oxygens (including phenoxy) is 2. The molecule has 184 valence electrons. The van der Waals surface area contributed by atoms with Gasteiger partial charge in [-0.15, -0.1) is 0 Å². The second-order valence-electron chi connectivity index (χ2n) is 9.76. The maximum absolute atomic E-state index is 12.9. The van der Waals surface area contributed by atoms with Gasteiger partial charge in [-0.2, -0.15) is 0 Å². The molecule has 1 saturated heterocycles. The number of hydrogen-bond acceptors (Lipinski definition) is 5. The molecule has 0 aromatic heterocycles. The topological polar surface area (TPSA) is 114 Å². The Hall–Kier alpha value is -3.39. The molecule has 1 aliphatic heterocycles. The quantitative estimate of drug-likeness (QED) is 0.537. The van der Waals surface area contributed by atoms with E-state index in [1.165, 1.54) is 0 Å². The Morgan fingerprint density at radius 2 is 1.63 bits per heavy atom. The number of fused-ring (bicyclic) bond motifs is 3. The first-order chi connectivity index (χ1) is 17.0. The third kappa shape index (κ3) is 5.03. The Kier molecular flexibility index (Phi) is 6.47. The molecule has 8 nitrogen and oxygen atoms in total. The highest BCUT2D eigenvalue weighted by molar-refractivity contribution is 5.80. The van der Waals surface area contributed by atoms with Gasteiger partial charge in [-0.25, -0.2) is 4.79 Å². The fourth-order valence-corrected chi connectivity index (χ4v) is 5.35. The third-order valence-corrected chi connectivity index (χ3v) is 7.46. The van der Waals surface area contributed by atoms with Crippen molar-refractivity contribution >= 4 is 18.0 Å². The van der Waals surface area contributed by atoms with Gasteiger partial charge in [0.25, 0.3) is 0 Å². The molecule has 2 aromatic carbocycles. The first-order valence-corrected chi connectivity index (χ1v) is 12.2. The molecule has 0 radical (unpaired) electrons. The SMILES string of the molecule is O=C(CC1(NC(=O)OCC2c3ccccc3-c3ccccc32)CCOCC1)NCC1CC1C(=O)O. The van der Waals surface area contributed by atoms with Gasteiger partial charge in [0.05, 0.1) is 11.5 Å². The minimum atomic E-state index is -0.818. The first-order valence-electron chi connectivity index (χ1n) is 12.2. The fraction of sp³-hybridized carbons (Fsp3) is 0.444. The van der Waals surface area contributed by atoms with Crippen molar-refractivity contribution in [2.75, 3.05) is 26.4 Å². The molecular weight excluding hydrogens is 448 g/mol. The van der Waals surface area contributed by atoms with Crippen molar-refractivity contribution in [3.05, 3.63) is 59.7 Å². The lowest BCUT2D eigenvalue weighted by Crippen LogP contribution is -2.54. The molecule has 2 aromatic rings. The van der Waals surface area contributed by atoms with E-state index in [0.29, 0.717) is 39.0 Å². The second-order valence-corrected chi connectivity index (χ2v) is 9.76. The number of carbonyl (C=O) groups excluding carboxylic acids is 2. The van der Waals surface area contributed by atoms with Gasteiger partial charge in [0.1, 0.15) is 6.61 Å². The summed E-state index contributed by atoms with van der Waals surface area (Å²) in [6.45, 7) is 1.44. The van der Waals surface area contributed by atoms with Gasteiger partial charge < -0.3 is 25.2 Å². The molecule has 2 aliphatic carbocycles. The second kappa shape index (κ2) is 9.70. The Bertz CT molecular complexity index is 1080. The normalized spacial score (nSPS) is 21.9. The molecule has 2 amide bonds. The van der Waals surface area contributed by atoms with E-state index in [4.69, 9.17) is 14.6 Å². The van der Waals surface area contributed by atoms with Crippen molar-refractivity contribution in [1.82, 2.24) is 10.6 Å². The maximum atomic E-state index is 12.9. The smallest absolute Gasteiger partial charge is 0.407 e. The van der Waals surface area contributed by atoms with E-state index >= 15 is 0 Å². The van der Waals surface area contributed by atoms with Crippen LogP contribution in [0, 0.1) is 11.8 Å². The standard InChI is InChI=1S/C27H30N2O6/c30-24(28-15-17-13-22(17)25(31)32)14-27(9-11-34-12-10-27)29-26(33)35-16-23-20-7-3-1-5-18(20)19-6-2-4-8-21(19)23/h1-8,17,22-23H,9-16H2,(H,28,30)(H,29,33)(H,31,32). The molecule has 35 heavy (non-hydrogen) atoms. The van der Waals surface area contributed by atoms with Gasteiger partial charge in [-0.3, -0.25) is 9.59 Å².